The van der Waals surface area contributed by atoms with E-state index in [0.717, 1.165) is 17.3 Å². The van der Waals surface area contributed by atoms with Crippen molar-refractivity contribution in [2.24, 2.45) is 0 Å². The number of benzene rings is 1. The summed E-state index contributed by atoms with van der Waals surface area (Å²) >= 11 is 1.05. The van der Waals surface area contributed by atoms with Gasteiger partial charge in [-0.25, -0.2) is 9.07 Å². The van der Waals surface area contributed by atoms with E-state index in [2.05, 4.69) is 15.5 Å². The molecule has 0 saturated carbocycles. The number of halogens is 1. The zero-order valence-corrected chi connectivity index (χ0v) is 10.7. The SMILES string of the molecule is O=C(O)CSc1nnnn1CCc1cccc(F)c1. The highest BCUT2D eigenvalue weighted by atomic mass is 32.2. The van der Waals surface area contributed by atoms with Crippen molar-refractivity contribution in [2.45, 2.75) is 18.1 Å². The van der Waals surface area contributed by atoms with Crippen LogP contribution < -0.4 is 0 Å². The number of nitrogens with zero attached hydrogens (tertiary/aromatic N) is 4. The Morgan fingerprint density at radius 3 is 3.05 bits per heavy atom. The van der Waals surface area contributed by atoms with Gasteiger partial charge >= 0.3 is 5.97 Å². The number of rotatable bonds is 6. The summed E-state index contributed by atoms with van der Waals surface area (Å²) in [4.78, 5) is 10.5. The summed E-state index contributed by atoms with van der Waals surface area (Å²) in [5.41, 5.74) is 0.838. The van der Waals surface area contributed by atoms with Crippen molar-refractivity contribution in [2.75, 3.05) is 5.75 Å². The molecule has 0 aliphatic carbocycles. The van der Waals surface area contributed by atoms with Gasteiger partial charge in [0.05, 0.1) is 5.75 Å². The van der Waals surface area contributed by atoms with E-state index in [1.54, 1.807) is 6.07 Å². The van der Waals surface area contributed by atoms with E-state index in [1.807, 2.05) is 6.07 Å². The highest BCUT2D eigenvalue weighted by Gasteiger charge is 2.09. The number of carboxylic acids is 1. The Hall–Kier alpha value is -1.96. The highest BCUT2D eigenvalue weighted by molar-refractivity contribution is 7.99. The normalized spacial score (nSPS) is 10.6. The molecule has 0 spiro atoms. The lowest BCUT2D eigenvalue weighted by atomic mass is 10.1. The molecule has 1 N–H and O–H groups in total. The molecule has 2 aromatic rings. The quantitative estimate of drug-likeness (QED) is 0.803. The molecule has 1 heterocycles. The van der Waals surface area contributed by atoms with E-state index in [1.165, 1.54) is 16.8 Å². The molecule has 0 bridgehead atoms. The molecule has 0 saturated heterocycles. The molecule has 1 aromatic heterocycles. The molecule has 0 aliphatic heterocycles. The monoisotopic (exact) mass is 282 g/mol. The van der Waals surface area contributed by atoms with Gasteiger partial charge in [-0.3, -0.25) is 4.79 Å². The fourth-order valence-electron chi connectivity index (χ4n) is 1.49. The van der Waals surface area contributed by atoms with E-state index in [-0.39, 0.29) is 11.6 Å². The summed E-state index contributed by atoms with van der Waals surface area (Å²) in [6.07, 6.45) is 0.573. The zero-order valence-electron chi connectivity index (χ0n) is 9.86. The first kappa shape index (κ1) is 13.5. The number of carbonyl (C=O) groups is 1. The maximum Gasteiger partial charge on any atom is 0.313 e. The van der Waals surface area contributed by atoms with Gasteiger partial charge in [0.15, 0.2) is 0 Å². The van der Waals surface area contributed by atoms with Crippen LogP contribution in [0.25, 0.3) is 0 Å². The second kappa shape index (κ2) is 6.28. The number of tetrazole rings is 1. The molecular weight excluding hydrogens is 271 g/mol. The van der Waals surface area contributed by atoms with Crippen molar-refractivity contribution in [3.8, 4) is 0 Å². The Labute approximate surface area is 112 Å². The molecule has 8 heteroatoms. The lowest BCUT2D eigenvalue weighted by molar-refractivity contribution is -0.133. The minimum atomic E-state index is -0.926. The van der Waals surface area contributed by atoms with Crippen LogP contribution in [0.15, 0.2) is 29.4 Å². The van der Waals surface area contributed by atoms with E-state index in [0.29, 0.717) is 18.1 Å². The van der Waals surface area contributed by atoms with E-state index in [9.17, 15) is 9.18 Å². The average Bonchev–Trinajstić information content (AvgIpc) is 2.81. The van der Waals surface area contributed by atoms with E-state index < -0.39 is 5.97 Å². The Morgan fingerprint density at radius 1 is 1.47 bits per heavy atom. The highest BCUT2D eigenvalue weighted by Crippen LogP contribution is 2.14. The number of hydrogen-bond acceptors (Lipinski definition) is 5. The fourth-order valence-corrected chi connectivity index (χ4v) is 2.12. The third-order valence-corrected chi connectivity index (χ3v) is 3.27. The van der Waals surface area contributed by atoms with Gasteiger partial charge in [-0.15, -0.1) is 5.10 Å². The standard InChI is InChI=1S/C11H11FN4O2S/c12-9-3-1-2-8(6-9)4-5-16-11(13-14-15-16)19-7-10(17)18/h1-3,6H,4-5,7H2,(H,17,18). The number of thioether (sulfide) groups is 1. The van der Waals surface area contributed by atoms with Crippen molar-refractivity contribution in [1.82, 2.24) is 20.2 Å². The summed E-state index contributed by atoms with van der Waals surface area (Å²) < 4.78 is 14.5. The maximum absolute atomic E-state index is 13.0. The van der Waals surface area contributed by atoms with Crippen LogP contribution in [0.4, 0.5) is 4.39 Å². The van der Waals surface area contributed by atoms with Gasteiger partial charge in [0.1, 0.15) is 5.82 Å². The number of hydrogen-bond donors (Lipinski definition) is 1. The number of aliphatic carboxylic acids is 1. The summed E-state index contributed by atoms with van der Waals surface area (Å²) in [5, 5.41) is 20.1. The van der Waals surface area contributed by atoms with Crippen LogP contribution in [0.3, 0.4) is 0 Å². The third kappa shape index (κ3) is 4.02. The van der Waals surface area contributed by atoms with Gasteiger partial charge in [-0.2, -0.15) is 0 Å². The van der Waals surface area contributed by atoms with Crippen LogP contribution in [0.5, 0.6) is 0 Å². The Kier molecular flexibility index (Phi) is 4.45. The first-order valence-electron chi connectivity index (χ1n) is 5.50. The molecule has 0 unspecified atom stereocenters. The van der Waals surface area contributed by atoms with Crippen LogP contribution in [0, 0.1) is 5.82 Å². The molecule has 0 aliphatic rings. The largest absolute Gasteiger partial charge is 0.481 e. The van der Waals surface area contributed by atoms with Crippen LogP contribution in [-0.4, -0.2) is 37.0 Å². The Bertz CT molecular complexity index is 575. The minimum Gasteiger partial charge on any atom is -0.481 e. The molecule has 1 aromatic carbocycles. The molecule has 0 radical (unpaired) electrons. The molecule has 6 nitrogen and oxygen atoms in total. The van der Waals surface area contributed by atoms with E-state index in [4.69, 9.17) is 5.11 Å². The van der Waals surface area contributed by atoms with Gasteiger partial charge in [-0.05, 0) is 34.5 Å². The molecule has 100 valence electrons. The Balaban J connectivity index is 1.96. The smallest absolute Gasteiger partial charge is 0.313 e. The van der Waals surface area contributed by atoms with Gasteiger partial charge in [0.25, 0.3) is 0 Å². The van der Waals surface area contributed by atoms with Crippen LogP contribution in [0.2, 0.25) is 0 Å². The van der Waals surface area contributed by atoms with Crippen molar-refractivity contribution in [3.63, 3.8) is 0 Å². The first-order valence-corrected chi connectivity index (χ1v) is 6.49. The van der Waals surface area contributed by atoms with Crippen molar-refractivity contribution in [3.05, 3.63) is 35.6 Å². The topological polar surface area (TPSA) is 80.9 Å². The molecule has 0 atom stereocenters. The van der Waals surface area contributed by atoms with Gasteiger partial charge in [0.2, 0.25) is 5.16 Å². The average molecular weight is 282 g/mol. The lowest BCUT2D eigenvalue weighted by Gasteiger charge is -2.03. The summed E-state index contributed by atoms with van der Waals surface area (Å²) in [6.45, 7) is 0.471. The van der Waals surface area contributed by atoms with Gasteiger partial charge < -0.3 is 5.11 Å². The van der Waals surface area contributed by atoms with Crippen molar-refractivity contribution >= 4 is 17.7 Å². The summed E-state index contributed by atoms with van der Waals surface area (Å²) in [7, 11) is 0. The zero-order chi connectivity index (χ0) is 13.7. The summed E-state index contributed by atoms with van der Waals surface area (Å²) in [5.74, 6) is -1.31. The number of aryl methyl sites for hydroxylation is 2. The van der Waals surface area contributed by atoms with Crippen molar-refractivity contribution < 1.29 is 14.3 Å². The third-order valence-electron chi connectivity index (χ3n) is 2.33. The van der Waals surface area contributed by atoms with Crippen LogP contribution >= 0.6 is 11.8 Å². The van der Waals surface area contributed by atoms with Gasteiger partial charge in [-0.1, -0.05) is 23.9 Å². The molecular formula is C11H11FN4O2S. The lowest BCUT2D eigenvalue weighted by Crippen LogP contribution is -2.07. The molecule has 0 amide bonds. The van der Waals surface area contributed by atoms with Gasteiger partial charge in [0, 0.05) is 6.54 Å². The maximum atomic E-state index is 13.0. The predicted octanol–water partition coefficient (Wildman–Crippen LogP) is 1.23. The minimum absolute atomic E-state index is 0.0969. The van der Waals surface area contributed by atoms with Crippen LogP contribution in [0.1, 0.15) is 5.56 Å². The first-order chi connectivity index (χ1) is 9.15. The molecule has 2 rings (SSSR count). The molecule has 19 heavy (non-hydrogen) atoms. The van der Waals surface area contributed by atoms with E-state index >= 15 is 0 Å². The van der Waals surface area contributed by atoms with Crippen LogP contribution in [-0.2, 0) is 17.8 Å². The number of carboxylic acid groups (broad SMARTS) is 1. The number of aromatic nitrogens is 4. The predicted molar refractivity (Wildman–Crippen MR) is 66.3 cm³/mol. The summed E-state index contributed by atoms with van der Waals surface area (Å²) in [6, 6.07) is 6.30. The Morgan fingerprint density at radius 2 is 2.32 bits per heavy atom. The second-order valence-electron chi connectivity index (χ2n) is 3.75. The fraction of sp³-hybridized carbons (Fsp3) is 0.273. The van der Waals surface area contributed by atoms with Crippen molar-refractivity contribution in [1.29, 1.82) is 0 Å². The second-order valence-corrected chi connectivity index (χ2v) is 4.69. The molecule has 0 fully saturated rings.